The molecule has 3 rings (SSSR count). The molecule has 0 N–H and O–H groups in total. The Bertz CT molecular complexity index is 609. The van der Waals surface area contributed by atoms with Gasteiger partial charge in [0.1, 0.15) is 0 Å². The number of amides is 1. The normalized spacial score (nSPS) is 20.4. The number of nitrogens with zero attached hydrogens (tertiary/aromatic N) is 2. The van der Waals surface area contributed by atoms with Gasteiger partial charge < -0.3 is 4.90 Å². The van der Waals surface area contributed by atoms with E-state index in [1.165, 1.54) is 69.8 Å². The smallest absolute Gasteiger partial charge is 0.226 e. The molecule has 0 bridgehead atoms. The minimum Gasteiger partial charge on any atom is -0.342 e. The molecule has 1 amide bonds. The van der Waals surface area contributed by atoms with Crippen LogP contribution in [0.25, 0.3) is 0 Å². The lowest BCUT2D eigenvalue weighted by atomic mass is 9.90. The topological polar surface area (TPSA) is 23.6 Å². The van der Waals surface area contributed by atoms with Gasteiger partial charge in [-0.15, -0.1) is 0 Å². The van der Waals surface area contributed by atoms with Crippen molar-refractivity contribution in [2.75, 3.05) is 26.2 Å². The first-order valence-electron chi connectivity index (χ1n) is 12.7. The molecule has 1 heterocycles. The fourth-order valence-electron chi connectivity index (χ4n) is 5.26. The number of carbonyl (C=O) groups excluding carboxylic acids is 1. The van der Waals surface area contributed by atoms with Crippen molar-refractivity contribution < 1.29 is 4.79 Å². The van der Waals surface area contributed by atoms with E-state index in [1.807, 2.05) is 0 Å². The van der Waals surface area contributed by atoms with E-state index in [9.17, 15) is 4.79 Å². The van der Waals surface area contributed by atoms with Gasteiger partial charge in [0.05, 0.1) is 0 Å². The highest BCUT2D eigenvalue weighted by Crippen LogP contribution is 2.60. The monoisotopic (exact) mass is 412 g/mol. The van der Waals surface area contributed by atoms with Gasteiger partial charge in [0, 0.05) is 25.6 Å². The molecule has 1 spiro atoms. The van der Waals surface area contributed by atoms with E-state index < -0.39 is 0 Å². The highest BCUT2D eigenvalue weighted by atomic mass is 16.2. The first kappa shape index (κ1) is 23.3. The SMILES string of the molecule is CCCCCCN(CCCCCC)C(=O)C1CC12CCN(Cc1ccccc1)CC2. The summed E-state index contributed by atoms with van der Waals surface area (Å²) in [7, 11) is 0. The zero-order chi connectivity index (χ0) is 21.2. The lowest BCUT2D eigenvalue weighted by molar-refractivity contribution is -0.134. The van der Waals surface area contributed by atoms with E-state index in [1.54, 1.807) is 0 Å². The van der Waals surface area contributed by atoms with Gasteiger partial charge in [0.15, 0.2) is 0 Å². The molecule has 1 atom stereocenters. The van der Waals surface area contributed by atoms with Gasteiger partial charge in [-0.1, -0.05) is 82.7 Å². The van der Waals surface area contributed by atoms with Gasteiger partial charge in [-0.2, -0.15) is 0 Å². The van der Waals surface area contributed by atoms with Gasteiger partial charge in [-0.05, 0) is 56.2 Å². The molecule has 3 heteroatoms. The molecule has 3 nitrogen and oxygen atoms in total. The van der Waals surface area contributed by atoms with Crippen LogP contribution in [-0.4, -0.2) is 41.9 Å². The Kier molecular flexibility index (Phi) is 9.24. The van der Waals surface area contributed by atoms with Crippen molar-refractivity contribution in [2.24, 2.45) is 11.3 Å². The number of rotatable bonds is 13. The van der Waals surface area contributed by atoms with Crippen LogP contribution in [-0.2, 0) is 11.3 Å². The third kappa shape index (κ3) is 6.57. The van der Waals surface area contributed by atoms with Crippen molar-refractivity contribution in [3.8, 4) is 0 Å². The van der Waals surface area contributed by atoms with Gasteiger partial charge in [0.2, 0.25) is 5.91 Å². The molecule has 168 valence electrons. The number of benzene rings is 1. The second-order valence-electron chi connectivity index (χ2n) is 9.83. The van der Waals surface area contributed by atoms with Crippen LogP contribution in [0.3, 0.4) is 0 Å². The number of carbonyl (C=O) groups is 1. The number of likely N-dealkylation sites (tertiary alicyclic amines) is 1. The predicted molar refractivity (Wildman–Crippen MR) is 126 cm³/mol. The number of piperidine rings is 1. The van der Waals surface area contributed by atoms with Crippen LogP contribution in [0, 0.1) is 11.3 Å². The minimum absolute atomic E-state index is 0.314. The largest absolute Gasteiger partial charge is 0.342 e. The molecule has 0 radical (unpaired) electrons. The maximum Gasteiger partial charge on any atom is 0.226 e. The molecule has 1 saturated heterocycles. The summed E-state index contributed by atoms with van der Waals surface area (Å²) in [6.45, 7) is 9.82. The molecule has 30 heavy (non-hydrogen) atoms. The van der Waals surface area contributed by atoms with Gasteiger partial charge >= 0.3 is 0 Å². The molecular formula is C27H44N2O. The fourth-order valence-corrected chi connectivity index (χ4v) is 5.26. The Morgan fingerprint density at radius 2 is 1.53 bits per heavy atom. The van der Waals surface area contributed by atoms with E-state index in [0.717, 1.165) is 39.1 Å². The molecule has 1 saturated carbocycles. The summed E-state index contributed by atoms with van der Waals surface area (Å²) < 4.78 is 0. The van der Waals surface area contributed by atoms with Gasteiger partial charge in [-0.25, -0.2) is 0 Å². The average molecular weight is 413 g/mol. The molecule has 1 aliphatic carbocycles. The van der Waals surface area contributed by atoms with Crippen molar-refractivity contribution in [3.05, 3.63) is 35.9 Å². The molecular weight excluding hydrogens is 368 g/mol. The first-order valence-corrected chi connectivity index (χ1v) is 12.7. The zero-order valence-corrected chi connectivity index (χ0v) is 19.6. The summed E-state index contributed by atoms with van der Waals surface area (Å²) in [5.74, 6) is 0.799. The van der Waals surface area contributed by atoms with E-state index >= 15 is 0 Å². The fraction of sp³-hybridized carbons (Fsp3) is 0.741. The second-order valence-corrected chi connectivity index (χ2v) is 9.83. The maximum atomic E-state index is 13.4. The van der Waals surface area contributed by atoms with E-state index in [4.69, 9.17) is 0 Å². The summed E-state index contributed by atoms with van der Waals surface area (Å²) in [6, 6.07) is 10.8. The molecule has 1 aromatic rings. The first-order chi connectivity index (χ1) is 14.7. The van der Waals surface area contributed by atoms with Crippen LogP contribution in [0.4, 0.5) is 0 Å². The van der Waals surface area contributed by atoms with Crippen molar-refractivity contribution in [2.45, 2.75) is 91.0 Å². The Labute approximate surface area is 185 Å². The summed E-state index contributed by atoms with van der Waals surface area (Å²) in [5, 5.41) is 0. The maximum absolute atomic E-state index is 13.4. The highest BCUT2D eigenvalue weighted by Gasteiger charge is 2.59. The summed E-state index contributed by atoms with van der Waals surface area (Å²) >= 11 is 0. The minimum atomic E-state index is 0.314. The van der Waals surface area contributed by atoms with Gasteiger partial charge in [0.25, 0.3) is 0 Å². The Morgan fingerprint density at radius 3 is 2.10 bits per heavy atom. The quantitative estimate of drug-likeness (QED) is 0.356. The lowest BCUT2D eigenvalue weighted by Crippen LogP contribution is -2.39. The molecule has 1 aromatic carbocycles. The lowest BCUT2D eigenvalue weighted by Gasteiger charge is -2.33. The standard InChI is InChI=1S/C27H44N2O/c1-3-5-7-12-18-29(19-13-8-6-4-2)26(30)25-22-27(25)16-20-28(21-17-27)23-24-14-10-9-11-15-24/h9-11,14-15,25H,3-8,12-13,16-23H2,1-2H3. The molecule has 2 aliphatic rings. The summed E-state index contributed by atoms with van der Waals surface area (Å²) in [6.07, 6.45) is 13.5. The van der Waals surface area contributed by atoms with Crippen LogP contribution in [0.5, 0.6) is 0 Å². The Hall–Kier alpha value is -1.35. The molecule has 2 fully saturated rings. The van der Waals surface area contributed by atoms with Crippen molar-refractivity contribution >= 4 is 5.91 Å². The number of unbranched alkanes of at least 4 members (excludes halogenated alkanes) is 6. The van der Waals surface area contributed by atoms with Crippen LogP contribution in [0.1, 0.15) is 90.0 Å². The van der Waals surface area contributed by atoms with Crippen molar-refractivity contribution in [1.82, 2.24) is 9.80 Å². The molecule has 1 aliphatic heterocycles. The van der Waals surface area contributed by atoms with Crippen molar-refractivity contribution in [1.29, 1.82) is 0 Å². The average Bonchev–Trinajstić information content (AvgIpc) is 3.48. The molecule has 1 unspecified atom stereocenters. The van der Waals surface area contributed by atoms with Crippen LogP contribution in [0.2, 0.25) is 0 Å². The predicted octanol–water partition coefficient (Wildman–Crippen LogP) is 6.28. The van der Waals surface area contributed by atoms with E-state index in [2.05, 4.69) is 54.0 Å². The molecule has 0 aromatic heterocycles. The van der Waals surface area contributed by atoms with E-state index in [-0.39, 0.29) is 0 Å². The highest BCUT2D eigenvalue weighted by molar-refractivity contribution is 5.82. The third-order valence-corrected chi connectivity index (χ3v) is 7.46. The number of hydrogen-bond acceptors (Lipinski definition) is 2. The van der Waals surface area contributed by atoms with Gasteiger partial charge in [-0.3, -0.25) is 9.69 Å². The summed E-state index contributed by atoms with van der Waals surface area (Å²) in [5.41, 5.74) is 1.73. The van der Waals surface area contributed by atoms with Crippen molar-refractivity contribution in [3.63, 3.8) is 0 Å². The van der Waals surface area contributed by atoms with Crippen LogP contribution >= 0.6 is 0 Å². The Morgan fingerprint density at radius 1 is 0.933 bits per heavy atom. The zero-order valence-electron chi connectivity index (χ0n) is 19.6. The Balaban J connectivity index is 1.47. The summed E-state index contributed by atoms with van der Waals surface area (Å²) in [4.78, 5) is 18.2. The van der Waals surface area contributed by atoms with Crippen LogP contribution < -0.4 is 0 Å². The second kappa shape index (κ2) is 11.9. The van der Waals surface area contributed by atoms with Crippen LogP contribution in [0.15, 0.2) is 30.3 Å². The number of hydrogen-bond donors (Lipinski definition) is 0. The third-order valence-electron chi connectivity index (χ3n) is 7.46. The van der Waals surface area contributed by atoms with E-state index in [0.29, 0.717) is 17.2 Å².